The van der Waals surface area contributed by atoms with Gasteiger partial charge in [-0.05, 0) is 66.2 Å². The molecule has 0 radical (unpaired) electrons. The summed E-state index contributed by atoms with van der Waals surface area (Å²) in [6, 6.07) is 0. The lowest BCUT2D eigenvalue weighted by atomic mass is 10.1. The van der Waals surface area contributed by atoms with Crippen LogP contribution < -0.4 is 0 Å². The van der Waals surface area contributed by atoms with E-state index in [0.29, 0.717) is 6.61 Å². The van der Waals surface area contributed by atoms with Crippen LogP contribution in [0.5, 0.6) is 0 Å². The summed E-state index contributed by atoms with van der Waals surface area (Å²) in [6.45, 7) is 8.35. The van der Waals surface area contributed by atoms with Crippen molar-refractivity contribution < 1.29 is 9.81 Å². The Bertz CT molecular complexity index is 414. The smallest absolute Gasteiger partial charge is 0.0434 e. The first-order chi connectivity index (χ1) is 11.6. The predicted molar refractivity (Wildman–Crippen MR) is 121 cm³/mol. The highest BCUT2D eigenvalue weighted by Gasteiger charge is 1.89. The van der Waals surface area contributed by atoms with Crippen LogP contribution >= 0.6 is 15.9 Å². The molecule has 0 atom stereocenters. The average Bonchev–Trinajstić information content (AvgIpc) is 2.59. The Morgan fingerprint density at radius 3 is 1.65 bits per heavy atom. The quantitative estimate of drug-likeness (QED) is 0.168. The van der Waals surface area contributed by atoms with Gasteiger partial charge in [-0.15, -0.1) is 23.7 Å². The summed E-state index contributed by atoms with van der Waals surface area (Å²) in [4.78, 5) is 0. The molecule has 0 rings (SSSR count). The lowest BCUT2D eigenvalue weighted by molar-refractivity contribution is 0.288. The second-order valence-corrected chi connectivity index (χ2v) is 6.44. The third-order valence-electron chi connectivity index (χ3n) is 3.31. The molecular formula is C23H40BrFO. The summed E-state index contributed by atoms with van der Waals surface area (Å²) in [5, 5.41) is 9.68. The molecule has 0 aliphatic heterocycles. The van der Waals surface area contributed by atoms with Crippen LogP contribution in [0.3, 0.4) is 0 Å². The van der Waals surface area contributed by atoms with Crippen molar-refractivity contribution in [2.24, 2.45) is 0 Å². The number of halogens is 2. The Kier molecular flexibility index (Phi) is 36.1. The third-order valence-corrected chi connectivity index (χ3v) is 3.87. The minimum atomic E-state index is 0. The standard InChI is InChI=1S/C11H17Br.C11H18O.CH4.FH/c2*1-3-4-5-6-8-11(2)9-7-10-12;;/h8H,5-7,9-10H2,1-2H3;8,12H,5-7,9-10H2,1-2H3;1H4;1H/b2*11-8+;;. The van der Waals surface area contributed by atoms with Gasteiger partial charge in [0.2, 0.25) is 0 Å². The molecule has 1 N–H and O–H groups in total. The highest BCUT2D eigenvalue weighted by atomic mass is 79.9. The largest absolute Gasteiger partial charge is 0.396 e. The monoisotopic (exact) mass is 430 g/mol. The Morgan fingerprint density at radius 1 is 0.885 bits per heavy atom. The van der Waals surface area contributed by atoms with Gasteiger partial charge in [0.25, 0.3) is 0 Å². The van der Waals surface area contributed by atoms with Gasteiger partial charge in [0, 0.05) is 24.8 Å². The first-order valence-electron chi connectivity index (χ1n) is 8.89. The Balaban J connectivity index is -0.000000173. The zero-order chi connectivity index (χ0) is 18.5. The second-order valence-electron chi connectivity index (χ2n) is 5.65. The fourth-order valence-electron chi connectivity index (χ4n) is 1.94. The van der Waals surface area contributed by atoms with E-state index in [4.69, 9.17) is 5.11 Å². The van der Waals surface area contributed by atoms with Gasteiger partial charge >= 0.3 is 0 Å². The lowest BCUT2D eigenvalue weighted by Crippen LogP contribution is -1.83. The van der Waals surface area contributed by atoms with E-state index in [1.165, 1.54) is 24.0 Å². The van der Waals surface area contributed by atoms with Gasteiger partial charge < -0.3 is 5.11 Å². The van der Waals surface area contributed by atoms with Crippen molar-refractivity contribution in [2.75, 3.05) is 11.9 Å². The van der Waals surface area contributed by atoms with Gasteiger partial charge in [-0.1, -0.05) is 46.7 Å². The summed E-state index contributed by atoms with van der Waals surface area (Å²) in [7, 11) is 0. The van der Waals surface area contributed by atoms with Gasteiger partial charge in [-0.2, -0.15) is 0 Å². The molecule has 0 saturated heterocycles. The number of unbranched alkanes of at least 4 members (excludes halogenated alkanes) is 2. The normalized spacial score (nSPS) is 9.92. The molecule has 0 saturated carbocycles. The lowest BCUT2D eigenvalue weighted by Gasteiger charge is -1.97. The van der Waals surface area contributed by atoms with Crippen LogP contribution in [0.4, 0.5) is 4.70 Å². The molecule has 0 aromatic carbocycles. The van der Waals surface area contributed by atoms with Gasteiger partial charge in [-0.3, -0.25) is 4.70 Å². The van der Waals surface area contributed by atoms with E-state index in [2.05, 4.69) is 65.6 Å². The fraction of sp³-hybridized carbons (Fsp3) is 0.652. The number of aliphatic hydroxyl groups is 1. The molecule has 26 heavy (non-hydrogen) atoms. The molecule has 0 unspecified atom stereocenters. The zero-order valence-electron chi connectivity index (χ0n) is 16.5. The van der Waals surface area contributed by atoms with Crippen LogP contribution in [-0.4, -0.2) is 17.0 Å². The van der Waals surface area contributed by atoms with E-state index in [0.717, 1.165) is 43.9 Å². The van der Waals surface area contributed by atoms with Crippen molar-refractivity contribution in [3.8, 4) is 23.7 Å². The van der Waals surface area contributed by atoms with Crippen LogP contribution in [0.1, 0.15) is 86.5 Å². The summed E-state index contributed by atoms with van der Waals surface area (Å²) in [5.74, 6) is 11.8. The van der Waals surface area contributed by atoms with E-state index in [1.807, 2.05) is 13.8 Å². The number of rotatable bonds is 10. The molecule has 3 heteroatoms. The zero-order valence-corrected chi connectivity index (χ0v) is 18.0. The molecule has 0 amide bonds. The minimum Gasteiger partial charge on any atom is -0.396 e. The summed E-state index contributed by atoms with van der Waals surface area (Å²) in [6.07, 6.45) is 12.9. The van der Waals surface area contributed by atoms with Crippen molar-refractivity contribution in [3.63, 3.8) is 0 Å². The molecule has 0 aliphatic carbocycles. The Labute approximate surface area is 171 Å². The molecule has 0 spiro atoms. The number of hydrogen-bond acceptors (Lipinski definition) is 1. The summed E-state index contributed by atoms with van der Waals surface area (Å²) in [5.41, 5.74) is 2.86. The van der Waals surface area contributed by atoms with Crippen LogP contribution in [0.2, 0.25) is 0 Å². The van der Waals surface area contributed by atoms with Gasteiger partial charge in [0.15, 0.2) is 0 Å². The van der Waals surface area contributed by atoms with Gasteiger partial charge in [0.1, 0.15) is 0 Å². The Hall–Kier alpha value is -1.03. The van der Waals surface area contributed by atoms with E-state index < -0.39 is 0 Å². The molecule has 1 nitrogen and oxygen atoms in total. The second kappa shape index (κ2) is 28.8. The highest BCUT2D eigenvalue weighted by molar-refractivity contribution is 9.09. The van der Waals surface area contributed by atoms with Crippen LogP contribution in [0.25, 0.3) is 0 Å². The van der Waals surface area contributed by atoms with Crippen molar-refractivity contribution in [1.82, 2.24) is 0 Å². The SMILES string of the molecule is C.CC#CCC/C=C(\C)CCCBr.CC#CCC/C=C(\C)CCCO.F. The van der Waals surface area contributed by atoms with Crippen molar-refractivity contribution in [2.45, 2.75) is 86.5 Å². The van der Waals surface area contributed by atoms with E-state index in [9.17, 15) is 0 Å². The molecule has 0 fully saturated rings. The summed E-state index contributed by atoms with van der Waals surface area (Å²) >= 11 is 3.42. The fourth-order valence-corrected chi connectivity index (χ4v) is 2.22. The topological polar surface area (TPSA) is 20.2 Å². The number of aliphatic hydroxyl groups excluding tert-OH is 1. The number of hydrogen-bond donors (Lipinski definition) is 1. The highest BCUT2D eigenvalue weighted by Crippen LogP contribution is 2.07. The average molecular weight is 431 g/mol. The maximum absolute atomic E-state index is 8.58. The molecule has 0 aromatic heterocycles. The molecule has 152 valence electrons. The molecular weight excluding hydrogens is 391 g/mol. The Morgan fingerprint density at radius 2 is 1.31 bits per heavy atom. The molecule has 0 heterocycles. The maximum Gasteiger partial charge on any atom is 0.0434 e. The first kappa shape index (κ1) is 32.6. The first-order valence-corrected chi connectivity index (χ1v) is 10.0. The minimum absolute atomic E-state index is 0. The number of alkyl halides is 1. The number of allylic oxidation sites excluding steroid dienone is 4. The van der Waals surface area contributed by atoms with Gasteiger partial charge in [-0.25, -0.2) is 0 Å². The van der Waals surface area contributed by atoms with Crippen LogP contribution in [0, 0.1) is 23.7 Å². The van der Waals surface area contributed by atoms with Crippen molar-refractivity contribution >= 4 is 15.9 Å². The van der Waals surface area contributed by atoms with E-state index in [1.54, 1.807) is 0 Å². The molecule has 0 bridgehead atoms. The summed E-state index contributed by atoms with van der Waals surface area (Å²) < 4.78 is 0. The molecule has 0 aliphatic rings. The van der Waals surface area contributed by atoms with Crippen molar-refractivity contribution in [3.05, 3.63) is 23.3 Å². The predicted octanol–water partition coefficient (Wildman–Crippen LogP) is 7.21. The maximum atomic E-state index is 8.58. The van der Waals surface area contributed by atoms with Crippen LogP contribution in [-0.2, 0) is 0 Å². The van der Waals surface area contributed by atoms with Crippen LogP contribution in [0.15, 0.2) is 23.3 Å². The van der Waals surface area contributed by atoms with Gasteiger partial charge in [0.05, 0.1) is 0 Å². The van der Waals surface area contributed by atoms with Crippen molar-refractivity contribution in [1.29, 1.82) is 0 Å². The van der Waals surface area contributed by atoms with E-state index in [-0.39, 0.29) is 12.1 Å². The third kappa shape index (κ3) is 30.8. The van der Waals surface area contributed by atoms with E-state index >= 15 is 0 Å². The molecule has 0 aromatic rings.